The Morgan fingerprint density at radius 3 is 2.38 bits per heavy atom. The van der Waals surface area contributed by atoms with Gasteiger partial charge in [0.1, 0.15) is 12.4 Å². The summed E-state index contributed by atoms with van der Waals surface area (Å²) in [4.78, 5) is 0. The molecule has 0 aromatic heterocycles. The van der Waals surface area contributed by atoms with Crippen molar-refractivity contribution in [1.82, 2.24) is 5.32 Å². The minimum Gasteiger partial charge on any atom is -0.492 e. The molecule has 0 amide bonds. The first-order chi connectivity index (χ1) is 7.61. The van der Waals surface area contributed by atoms with E-state index >= 15 is 0 Å². The molecule has 0 saturated heterocycles. The zero-order chi connectivity index (χ0) is 12.0. The van der Waals surface area contributed by atoms with Crippen LogP contribution in [0.15, 0.2) is 24.3 Å². The van der Waals surface area contributed by atoms with E-state index in [2.05, 4.69) is 38.2 Å². The zero-order valence-corrected chi connectivity index (χ0v) is 10.4. The maximum absolute atomic E-state index is 5.66. The summed E-state index contributed by atoms with van der Waals surface area (Å²) >= 11 is 0. The number of hydrogen-bond donors (Lipinski definition) is 2. The lowest BCUT2D eigenvalue weighted by Gasteiger charge is -2.19. The summed E-state index contributed by atoms with van der Waals surface area (Å²) in [6, 6.07) is 8.73. The molecule has 3 nitrogen and oxygen atoms in total. The molecular weight excluding hydrogens is 200 g/mol. The number of nitrogens with one attached hydrogen (secondary N) is 1. The Hall–Kier alpha value is -1.06. The van der Waals surface area contributed by atoms with Crippen LogP contribution < -0.4 is 15.8 Å². The van der Waals surface area contributed by atoms with Crippen molar-refractivity contribution in [2.75, 3.05) is 13.2 Å². The van der Waals surface area contributed by atoms with Gasteiger partial charge in [-0.15, -0.1) is 0 Å². The van der Waals surface area contributed by atoms with Gasteiger partial charge in [0, 0.05) is 18.6 Å². The molecule has 3 heteroatoms. The summed E-state index contributed by atoms with van der Waals surface area (Å²) in [5, 5.41) is 3.36. The summed E-state index contributed by atoms with van der Waals surface area (Å²) in [6.45, 7) is 7.54. The van der Waals surface area contributed by atoms with Crippen LogP contribution in [0.25, 0.3) is 0 Å². The highest BCUT2D eigenvalue weighted by atomic mass is 16.5. The topological polar surface area (TPSA) is 47.3 Å². The highest BCUT2D eigenvalue weighted by Gasteiger charge is 2.06. The molecule has 0 spiro atoms. The standard InChI is InChI=1S/C13H22N2O/c1-10-4-6-13(7-5-10)16-9-12(3)15-11(2)8-14/h4-7,11-12,15H,8-9,14H2,1-3H3. The van der Waals surface area contributed by atoms with Gasteiger partial charge < -0.3 is 15.8 Å². The third-order valence-electron chi connectivity index (χ3n) is 2.44. The molecule has 0 aliphatic heterocycles. The van der Waals surface area contributed by atoms with Crippen molar-refractivity contribution in [3.8, 4) is 5.75 Å². The third-order valence-corrected chi connectivity index (χ3v) is 2.44. The van der Waals surface area contributed by atoms with Crippen LogP contribution in [-0.4, -0.2) is 25.2 Å². The van der Waals surface area contributed by atoms with Gasteiger partial charge in [-0.2, -0.15) is 0 Å². The number of ether oxygens (including phenoxy) is 1. The van der Waals surface area contributed by atoms with Crippen molar-refractivity contribution in [2.24, 2.45) is 5.73 Å². The van der Waals surface area contributed by atoms with E-state index in [1.54, 1.807) is 0 Å². The van der Waals surface area contributed by atoms with Crippen LogP contribution in [0.4, 0.5) is 0 Å². The molecular formula is C13H22N2O. The quantitative estimate of drug-likeness (QED) is 0.770. The Morgan fingerprint density at radius 1 is 1.19 bits per heavy atom. The maximum atomic E-state index is 5.66. The third kappa shape index (κ3) is 4.64. The summed E-state index contributed by atoms with van der Waals surface area (Å²) in [6.07, 6.45) is 0. The number of benzene rings is 1. The van der Waals surface area contributed by atoms with Gasteiger partial charge in [-0.25, -0.2) is 0 Å². The molecule has 0 heterocycles. The van der Waals surface area contributed by atoms with Crippen LogP contribution in [0.2, 0.25) is 0 Å². The van der Waals surface area contributed by atoms with E-state index in [1.165, 1.54) is 5.56 Å². The Balaban J connectivity index is 2.31. The average molecular weight is 222 g/mol. The van der Waals surface area contributed by atoms with Gasteiger partial charge in [0.15, 0.2) is 0 Å². The lowest BCUT2D eigenvalue weighted by atomic mass is 10.2. The van der Waals surface area contributed by atoms with Crippen molar-refractivity contribution < 1.29 is 4.74 Å². The molecule has 0 aliphatic carbocycles. The van der Waals surface area contributed by atoms with E-state index in [-0.39, 0.29) is 0 Å². The van der Waals surface area contributed by atoms with E-state index in [0.29, 0.717) is 25.2 Å². The number of hydrogen-bond acceptors (Lipinski definition) is 3. The number of aryl methyl sites for hydroxylation is 1. The second-order valence-electron chi connectivity index (χ2n) is 4.33. The molecule has 3 N–H and O–H groups in total. The lowest BCUT2D eigenvalue weighted by molar-refractivity contribution is 0.264. The number of rotatable bonds is 6. The minimum atomic E-state index is 0.305. The Kier molecular flexibility index (Phi) is 5.29. The van der Waals surface area contributed by atoms with E-state index < -0.39 is 0 Å². The SMILES string of the molecule is Cc1ccc(OCC(C)NC(C)CN)cc1. The predicted molar refractivity (Wildman–Crippen MR) is 67.8 cm³/mol. The molecule has 2 atom stereocenters. The molecule has 1 aromatic carbocycles. The van der Waals surface area contributed by atoms with Gasteiger partial charge in [-0.05, 0) is 32.9 Å². The molecule has 0 saturated carbocycles. The van der Waals surface area contributed by atoms with Gasteiger partial charge in [0.05, 0.1) is 0 Å². The second-order valence-corrected chi connectivity index (χ2v) is 4.33. The number of nitrogens with two attached hydrogens (primary N) is 1. The van der Waals surface area contributed by atoms with Crippen molar-refractivity contribution >= 4 is 0 Å². The molecule has 1 rings (SSSR count). The monoisotopic (exact) mass is 222 g/mol. The maximum Gasteiger partial charge on any atom is 0.119 e. The molecule has 0 bridgehead atoms. The van der Waals surface area contributed by atoms with E-state index in [4.69, 9.17) is 10.5 Å². The van der Waals surface area contributed by atoms with Crippen molar-refractivity contribution in [1.29, 1.82) is 0 Å². The van der Waals surface area contributed by atoms with Crippen LogP contribution in [0.5, 0.6) is 5.75 Å². The van der Waals surface area contributed by atoms with Crippen LogP contribution in [0.1, 0.15) is 19.4 Å². The largest absolute Gasteiger partial charge is 0.492 e. The van der Waals surface area contributed by atoms with Crippen molar-refractivity contribution in [2.45, 2.75) is 32.9 Å². The summed E-state index contributed by atoms with van der Waals surface area (Å²) in [7, 11) is 0. The van der Waals surface area contributed by atoms with E-state index in [0.717, 1.165) is 5.75 Å². The summed E-state index contributed by atoms with van der Waals surface area (Å²) in [5.41, 5.74) is 6.79. The van der Waals surface area contributed by atoms with Crippen molar-refractivity contribution in [3.63, 3.8) is 0 Å². The molecule has 0 fully saturated rings. The highest BCUT2D eigenvalue weighted by molar-refractivity contribution is 5.26. The van der Waals surface area contributed by atoms with Crippen LogP contribution in [0, 0.1) is 6.92 Å². The fourth-order valence-corrected chi connectivity index (χ4v) is 1.46. The average Bonchev–Trinajstić information content (AvgIpc) is 2.28. The molecule has 90 valence electrons. The van der Waals surface area contributed by atoms with Crippen molar-refractivity contribution in [3.05, 3.63) is 29.8 Å². The molecule has 16 heavy (non-hydrogen) atoms. The van der Waals surface area contributed by atoms with E-state index in [9.17, 15) is 0 Å². The summed E-state index contributed by atoms with van der Waals surface area (Å²) < 4.78 is 5.66. The smallest absolute Gasteiger partial charge is 0.119 e. The zero-order valence-electron chi connectivity index (χ0n) is 10.4. The minimum absolute atomic E-state index is 0.305. The molecule has 2 unspecified atom stereocenters. The second kappa shape index (κ2) is 6.51. The first kappa shape index (κ1) is 13.0. The van der Waals surface area contributed by atoms with Gasteiger partial charge in [0.25, 0.3) is 0 Å². The van der Waals surface area contributed by atoms with Gasteiger partial charge in [-0.1, -0.05) is 17.7 Å². The van der Waals surface area contributed by atoms with Gasteiger partial charge >= 0.3 is 0 Å². The van der Waals surface area contributed by atoms with E-state index in [1.807, 2.05) is 12.1 Å². The normalized spacial score (nSPS) is 14.5. The first-order valence-corrected chi connectivity index (χ1v) is 5.77. The lowest BCUT2D eigenvalue weighted by Crippen LogP contribution is -2.42. The Morgan fingerprint density at radius 2 is 1.81 bits per heavy atom. The summed E-state index contributed by atoms with van der Waals surface area (Å²) in [5.74, 6) is 0.916. The van der Waals surface area contributed by atoms with Crippen LogP contribution >= 0.6 is 0 Å². The Labute approximate surface area is 98.0 Å². The van der Waals surface area contributed by atoms with Crippen LogP contribution in [0.3, 0.4) is 0 Å². The predicted octanol–water partition coefficient (Wildman–Crippen LogP) is 1.70. The molecule has 0 aliphatic rings. The fourth-order valence-electron chi connectivity index (χ4n) is 1.46. The fraction of sp³-hybridized carbons (Fsp3) is 0.538. The molecule has 0 radical (unpaired) electrons. The van der Waals surface area contributed by atoms with Gasteiger partial charge in [-0.3, -0.25) is 0 Å². The first-order valence-electron chi connectivity index (χ1n) is 5.77. The van der Waals surface area contributed by atoms with Gasteiger partial charge in [0.2, 0.25) is 0 Å². The molecule has 1 aromatic rings. The Bertz CT molecular complexity index is 297. The van der Waals surface area contributed by atoms with Crippen LogP contribution in [-0.2, 0) is 0 Å². The highest BCUT2D eigenvalue weighted by Crippen LogP contribution is 2.11.